The molecular formula is C20H25N5OS. The van der Waals surface area contributed by atoms with E-state index >= 15 is 0 Å². The van der Waals surface area contributed by atoms with Crippen LogP contribution in [0.2, 0.25) is 0 Å². The van der Waals surface area contributed by atoms with Crippen molar-refractivity contribution in [1.82, 2.24) is 19.1 Å². The molecule has 0 fully saturated rings. The number of rotatable bonds is 7. The van der Waals surface area contributed by atoms with E-state index in [1.165, 1.54) is 5.56 Å². The Morgan fingerprint density at radius 2 is 2.04 bits per heavy atom. The second-order valence-electron chi connectivity index (χ2n) is 6.87. The molecule has 1 aromatic rings. The molecule has 3 aliphatic rings. The highest BCUT2D eigenvalue weighted by molar-refractivity contribution is 7.98. The van der Waals surface area contributed by atoms with Crippen LogP contribution >= 0.6 is 11.8 Å². The summed E-state index contributed by atoms with van der Waals surface area (Å²) >= 11 is 1.80. The molecule has 0 saturated carbocycles. The van der Waals surface area contributed by atoms with E-state index < -0.39 is 0 Å². The molecule has 0 radical (unpaired) electrons. The fourth-order valence-electron chi connectivity index (χ4n) is 3.66. The molecule has 0 saturated heterocycles. The van der Waals surface area contributed by atoms with Crippen LogP contribution < -0.4 is 11.0 Å². The fourth-order valence-corrected chi connectivity index (χ4v) is 4.17. The predicted molar refractivity (Wildman–Crippen MR) is 111 cm³/mol. The minimum absolute atomic E-state index is 0.0111. The molecule has 27 heavy (non-hydrogen) atoms. The average Bonchev–Trinajstić information content (AvgIpc) is 3.28. The average molecular weight is 384 g/mol. The number of imidazole rings is 1. The number of nitrogens with zero attached hydrogens (tertiary/aromatic N) is 4. The SMILES string of the molecule is CCCn1c2nc(CSCC)nc-2c2n(c1=O)C[C@@H](Cc1ccccc1)N2. The highest BCUT2D eigenvalue weighted by atomic mass is 32.2. The van der Waals surface area contributed by atoms with Gasteiger partial charge in [-0.25, -0.2) is 14.8 Å². The third kappa shape index (κ3) is 3.48. The number of anilines is 1. The van der Waals surface area contributed by atoms with Crippen LogP contribution in [-0.2, 0) is 25.3 Å². The van der Waals surface area contributed by atoms with Crippen molar-refractivity contribution in [3.63, 3.8) is 0 Å². The molecule has 4 rings (SSSR count). The number of nitrogens with one attached hydrogen (secondary N) is 1. The van der Waals surface area contributed by atoms with E-state index in [1.807, 2.05) is 10.6 Å². The number of thioether (sulfide) groups is 1. The van der Waals surface area contributed by atoms with Crippen molar-refractivity contribution < 1.29 is 0 Å². The summed E-state index contributed by atoms with van der Waals surface area (Å²) in [6.07, 6.45) is 1.77. The van der Waals surface area contributed by atoms with Crippen molar-refractivity contribution in [2.24, 2.45) is 0 Å². The van der Waals surface area contributed by atoms with E-state index in [9.17, 15) is 4.79 Å². The molecule has 0 bridgehead atoms. The Bertz CT molecular complexity index is 949. The van der Waals surface area contributed by atoms with Gasteiger partial charge in [0.05, 0.1) is 5.75 Å². The maximum Gasteiger partial charge on any atom is 0.331 e. The fraction of sp³-hybridized carbons (Fsp3) is 0.450. The molecule has 0 unspecified atom stereocenters. The zero-order chi connectivity index (χ0) is 18.8. The Morgan fingerprint density at radius 1 is 1.22 bits per heavy atom. The summed E-state index contributed by atoms with van der Waals surface area (Å²) in [5.74, 6) is 4.15. The highest BCUT2D eigenvalue weighted by Crippen LogP contribution is 2.31. The van der Waals surface area contributed by atoms with Crippen molar-refractivity contribution in [3.8, 4) is 11.5 Å². The van der Waals surface area contributed by atoms with Gasteiger partial charge in [-0.15, -0.1) is 0 Å². The molecule has 0 amide bonds. The van der Waals surface area contributed by atoms with Crippen LogP contribution in [0.4, 0.5) is 5.82 Å². The number of fused-ring (bicyclic) bond motifs is 3. The molecule has 3 heterocycles. The monoisotopic (exact) mass is 383 g/mol. The van der Waals surface area contributed by atoms with Gasteiger partial charge < -0.3 is 5.32 Å². The number of hydrogen-bond donors (Lipinski definition) is 1. The van der Waals surface area contributed by atoms with Gasteiger partial charge in [-0.05, 0) is 24.2 Å². The van der Waals surface area contributed by atoms with E-state index in [1.54, 1.807) is 16.3 Å². The van der Waals surface area contributed by atoms with Gasteiger partial charge in [0.15, 0.2) is 5.82 Å². The Morgan fingerprint density at radius 3 is 2.78 bits per heavy atom. The maximum atomic E-state index is 13.1. The van der Waals surface area contributed by atoms with Crippen LogP contribution in [0, 0.1) is 0 Å². The van der Waals surface area contributed by atoms with Gasteiger partial charge in [0.25, 0.3) is 0 Å². The normalized spacial score (nSPS) is 15.9. The molecule has 1 N–H and O–H groups in total. The largest absolute Gasteiger partial charge is 0.365 e. The summed E-state index contributed by atoms with van der Waals surface area (Å²) in [6.45, 7) is 5.53. The van der Waals surface area contributed by atoms with Crippen molar-refractivity contribution in [3.05, 3.63) is 52.2 Å². The van der Waals surface area contributed by atoms with E-state index in [-0.39, 0.29) is 11.7 Å². The van der Waals surface area contributed by atoms with E-state index in [0.717, 1.165) is 41.7 Å². The molecule has 0 aliphatic carbocycles. The number of benzene rings is 1. The van der Waals surface area contributed by atoms with Crippen LogP contribution in [-0.4, -0.2) is 30.9 Å². The van der Waals surface area contributed by atoms with Crippen LogP contribution in [0.25, 0.3) is 11.5 Å². The van der Waals surface area contributed by atoms with Crippen molar-refractivity contribution in [2.75, 3.05) is 11.1 Å². The summed E-state index contributed by atoms with van der Waals surface area (Å²) in [7, 11) is 0. The molecule has 142 valence electrons. The molecule has 7 heteroatoms. The summed E-state index contributed by atoms with van der Waals surface area (Å²) in [6, 6.07) is 10.6. The second-order valence-corrected chi connectivity index (χ2v) is 8.15. The van der Waals surface area contributed by atoms with Gasteiger partial charge in [0, 0.05) is 19.1 Å². The van der Waals surface area contributed by atoms with Gasteiger partial charge in [0.2, 0.25) is 0 Å². The van der Waals surface area contributed by atoms with Crippen LogP contribution in [0.1, 0.15) is 31.7 Å². The standard InChI is InChI=1S/C20H25N5OS/c1-3-10-24-19-17(22-16(23-19)13-27-4-2)18-21-15(12-25(18)20(24)26)11-14-8-6-5-7-9-14/h5-9,15,21H,3-4,10-13H2,1-2H3/t15-/m1/s1. The van der Waals surface area contributed by atoms with E-state index in [4.69, 9.17) is 9.97 Å². The highest BCUT2D eigenvalue weighted by Gasteiger charge is 2.31. The van der Waals surface area contributed by atoms with Gasteiger partial charge >= 0.3 is 5.69 Å². The van der Waals surface area contributed by atoms with Crippen LogP contribution in [0.15, 0.2) is 35.1 Å². The van der Waals surface area contributed by atoms with Crippen LogP contribution in [0.3, 0.4) is 0 Å². The number of aromatic nitrogens is 4. The topological polar surface area (TPSA) is 64.7 Å². The summed E-state index contributed by atoms with van der Waals surface area (Å²) in [4.78, 5) is 22.6. The Labute approximate surface area is 163 Å². The quantitative estimate of drug-likeness (QED) is 0.678. The zero-order valence-corrected chi connectivity index (χ0v) is 16.6. The first-order chi connectivity index (χ1) is 13.2. The lowest BCUT2D eigenvalue weighted by molar-refractivity contribution is 0.560. The van der Waals surface area contributed by atoms with Crippen LogP contribution in [0.5, 0.6) is 0 Å². The predicted octanol–water partition coefficient (Wildman–Crippen LogP) is 3.24. The maximum absolute atomic E-state index is 13.1. The van der Waals surface area contributed by atoms with E-state index in [0.29, 0.717) is 18.9 Å². The Balaban J connectivity index is 1.71. The third-order valence-corrected chi connectivity index (χ3v) is 5.72. The molecule has 1 aromatic carbocycles. The second kappa shape index (κ2) is 7.76. The molecule has 6 nitrogen and oxygen atoms in total. The first-order valence-corrected chi connectivity index (χ1v) is 10.7. The molecule has 1 atom stereocenters. The minimum atomic E-state index is 0.0111. The molecule has 0 aromatic heterocycles. The van der Waals surface area contributed by atoms with E-state index in [2.05, 4.69) is 43.4 Å². The summed E-state index contributed by atoms with van der Waals surface area (Å²) in [5, 5.41) is 3.55. The Hall–Kier alpha value is -2.28. The molecular weight excluding hydrogens is 358 g/mol. The first kappa shape index (κ1) is 18.1. The minimum Gasteiger partial charge on any atom is -0.365 e. The Kier molecular flexibility index (Phi) is 5.20. The van der Waals surface area contributed by atoms with Gasteiger partial charge in [-0.2, -0.15) is 11.8 Å². The number of hydrogen-bond acceptors (Lipinski definition) is 5. The lowest BCUT2D eigenvalue weighted by Crippen LogP contribution is -2.32. The van der Waals surface area contributed by atoms with Crippen molar-refractivity contribution in [1.29, 1.82) is 0 Å². The summed E-state index contributed by atoms with van der Waals surface area (Å²) in [5.41, 5.74) is 2.10. The lowest BCUT2D eigenvalue weighted by Gasteiger charge is -2.13. The summed E-state index contributed by atoms with van der Waals surface area (Å²) < 4.78 is 3.63. The zero-order valence-electron chi connectivity index (χ0n) is 15.8. The first-order valence-electron chi connectivity index (χ1n) is 9.59. The third-order valence-electron chi connectivity index (χ3n) is 4.85. The molecule has 0 spiro atoms. The lowest BCUT2D eigenvalue weighted by atomic mass is 10.1. The van der Waals surface area contributed by atoms with Crippen molar-refractivity contribution >= 4 is 17.6 Å². The van der Waals surface area contributed by atoms with Gasteiger partial charge in [-0.3, -0.25) is 9.13 Å². The van der Waals surface area contributed by atoms with Gasteiger partial charge in [0.1, 0.15) is 17.3 Å². The van der Waals surface area contributed by atoms with Crippen molar-refractivity contribution in [2.45, 2.75) is 51.6 Å². The smallest absolute Gasteiger partial charge is 0.331 e. The van der Waals surface area contributed by atoms with Gasteiger partial charge in [-0.1, -0.05) is 44.2 Å². The molecule has 3 aliphatic heterocycles.